The molecule has 19 heavy (non-hydrogen) atoms. The molecule has 5 heteroatoms. The maximum absolute atomic E-state index is 12.5. The summed E-state index contributed by atoms with van der Waals surface area (Å²) in [6.45, 7) is -0.348. The summed E-state index contributed by atoms with van der Waals surface area (Å²) in [6.07, 6.45) is -1.73. The van der Waals surface area contributed by atoms with Gasteiger partial charge in [-0.2, -0.15) is 18.4 Å². The number of hydrogen-bond acceptors (Lipinski definition) is 2. The SMILES string of the molecule is N#CC(CNC1CCCc2ccccc21)C(F)(F)F. The van der Waals surface area contributed by atoms with Gasteiger partial charge in [-0.05, 0) is 30.4 Å². The van der Waals surface area contributed by atoms with E-state index in [1.165, 1.54) is 11.6 Å². The summed E-state index contributed by atoms with van der Waals surface area (Å²) in [4.78, 5) is 0. The van der Waals surface area contributed by atoms with Crippen LogP contribution in [-0.2, 0) is 6.42 Å². The Kier molecular flexibility index (Phi) is 4.11. The molecule has 2 nitrogen and oxygen atoms in total. The minimum absolute atomic E-state index is 0.0804. The van der Waals surface area contributed by atoms with Gasteiger partial charge in [0.25, 0.3) is 0 Å². The van der Waals surface area contributed by atoms with E-state index >= 15 is 0 Å². The number of hydrogen-bond donors (Lipinski definition) is 1. The van der Waals surface area contributed by atoms with Crippen LogP contribution in [0.3, 0.4) is 0 Å². The van der Waals surface area contributed by atoms with E-state index in [0.29, 0.717) is 0 Å². The molecule has 2 atom stereocenters. The molecule has 0 aliphatic heterocycles. The van der Waals surface area contributed by atoms with Crippen molar-refractivity contribution in [2.45, 2.75) is 31.5 Å². The van der Waals surface area contributed by atoms with Crippen molar-refractivity contribution in [1.82, 2.24) is 5.32 Å². The molecular weight excluding hydrogens is 253 g/mol. The zero-order chi connectivity index (χ0) is 13.9. The fraction of sp³-hybridized carbons (Fsp3) is 0.500. The first-order valence-electron chi connectivity index (χ1n) is 6.30. The van der Waals surface area contributed by atoms with Crippen LogP contribution >= 0.6 is 0 Å². The zero-order valence-electron chi connectivity index (χ0n) is 10.4. The average molecular weight is 268 g/mol. The molecule has 2 rings (SSSR count). The van der Waals surface area contributed by atoms with Gasteiger partial charge in [-0.15, -0.1) is 0 Å². The first kappa shape index (κ1) is 13.9. The Morgan fingerprint density at radius 3 is 2.79 bits per heavy atom. The molecule has 0 bridgehead atoms. The quantitative estimate of drug-likeness (QED) is 0.912. The number of fused-ring (bicyclic) bond motifs is 1. The van der Waals surface area contributed by atoms with Gasteiger partial charge in [0.05, 0.1) is 6.07 Å². The molecule has 1 N–H and O–H groups in total. The van der Waals surface area contributed by atoms with Crippen molar-refractivity contribution in [1.29, 1.82) is 5.26 Å². The van der Waals surface area contributed by atoms with E-state index in [1.54, 1.807) is 0 Å². The Labute approximate surface area is 110 Å². The van der Waals surface area contributed by atoms with Crippen LogP contribution in [0.2, 0.25) is 0 Å². The van der Waals surface area contributed by atoms with E-state index in [-0.39, 0.29) is 12.6 Å². The van der Waals surface area contributed by atoms with Crippen molar-refractivity contribution in [3.05, 3.63) is 35.4 Å². The number of halogens is 3. The van der Waals surface area contributed by atoms with Crippen LogP contribution in [0.5, 0.6) is 0 Å². The van der Waals surface area contributed by atoms with Gasteiger partial charge in [-0.3, -0.25) is 0 Å². The van der Waals surface area contributed by atoms with Gasteiger partial charge in [-0.25, -0.2) is 0 Å². The fourth-order valence-electron chi connectivity index (χ4n) is 2.46. The molecule has 1 aliphatic carbocycles. The van der Waals surface area contributed by atoms with Gasteiger partial charge in [0, 0.05) is 12.6 Å². The molecular formula is C14H15F3N2. The predicted molar refractivity (Wildman–Crippen MR) is 65.3 cm³/mol. The normalized spacial score (nSPS) is 20.4. The lowest BCUT2D eigenvalue weighted by Crippen LogP contribution is -2.35. The van der Waals surface area contributed by atoms with Crippen molar-refractivity contribution in [3.8, 4) is 6.07 Å². The second-order valence-corrected chi connectivity index (χ2v) is 4.78. The minimum atomic E-state index is -4.46. The summed E-state index contributed by atoms with van der Waals surface area (Å²) < 4.78 is 37.5. The van der Waals surface area contributed by atoms with E-state index < -0.39 is 12.1 Å². The van der Waals surface area contributed by atoms with Gasteiger partial charge < -0.3 is 5.32 Å². The second-order valence-electron chi connectivity index (χ2n) is 4.78. The predicted octanol–water partition coefficient (Wildman–Crippen LogP) is 3.36. The lowest BCUT2D eigenvalue weighted by molar-refractivity contribution is -0.158. The van der Waals surface area contributed by atoms with E-state index in [4.69, 9.17) is 5.26 Å². The minimum Gasteiger partial charge on any atom is -0.308 e. The summed E-state index contributed by atoms with van der Waals surface area (Å²) in [7, 11) is 0. The molecule has 0 fully saturated rings. The molecule has 0 aromatic heterocycles. The Hall–Kier alpha value is -1.54. The Balaban J connectivity index is 2.04. The first-order valence-corrected chi connectivity index (χ1v) is 6.30. The number of benzene rings is 1. The monoisotopic (exact) mass is 268 g/mol. The van der Waals surface area contributed by atoms with Crippen LogP contribution in [0.1, 0.15) is 30.0 Å². The average Bonchev–Trinajstić information content (AvgIpc) is 2.38. The summed E-state index contributed by atoms with van der Waals surface area (Å²) in [5, 5.41) is 11.5. The highest BCUT2D eigenvalue weighted by Crippen LogP contribution is 2.31. The number of nitrogens with one attached hydrogen (secondary N) is 1. The molecule has 1 aromatic rings. The molecule has 0 spiro atoms. The third-order valence-corrected chi connectivity index (χ3v) is 3.49. The van der Waals surface area contributed by atoms with Crippen molar-refractivity contribution >= 4 is 0 Å². The number of alkyl halides is 3. The van der Waals surface area contributed by atoms with E-state index in [1.807, 2.05) is 24.3 Å². The third kappa shape index (κ3) is 3.27. The van der Waals surface area contributed by atoms with Crippen molar-refractivity contribution in [2.75, 3.05) is 6.54 Å². The highest BCUT2D eigenvalue weighted by molar-refractivity contribution is 5.32. The largest absolute Gasteiger partial charge is 0.405 e. The Bertz CT molecular complexity index is 476. The van der Waals surface area contributed by atoms with Crippen molar-refractivity contribution in [2.24, 2.45) is 5.92 Å². The van der Waals surface area contributed by atoms with Gasteiger partial charge in [0.15, 0.2) is 5.92 Å². The lowest BCUT2D eigenvalue weighted by atomic mass is 9.87. The van der Waals surface area contributed by atoms with E-state index in [0.717, 1.165) is 24.8 Å². The standard InChI is InChI=1S/C14H15F3N2/c15-14(16,17)11(8-18)9-19-13-7-3-5-10-4-1-2-6-12(10)13/h1-2,4,6,11,13,19H,3,5,7,9H2. The molecule has 0 amide bonds. The van der Waals surface area contributed by atoms with Gasteiger partial charge in [0.1, 0.15) is 0 Å². The number of nitrogens with zero attached hydrogens (tertiary/aromatic N) is 1. The van der Waals surface area contributed by atoms with Gasteiger partial charge in [0.2, 0.25) is 0 Å². The smallest absolute Gasteiger partial charge is 0.308 e. The van der Waals surface area contributed by atoms with Crippen molar-refractivity contribution in [3.63, 3.8) is 0 Å². The van der Waals surface area contributed by atoms with Gasteiger partial charge in [-0.1, -0.05) is 24.3 Å². The van der Waals surface area contributed by atoms with Crippen LogP contribution in [0, 0.1) is 17.2 Å². The summed E-state index contributed by atoms with van der Waals surface area (Å²) >= 11 is 0. The molecule has 1 aliphatic rings. The molecule has 1 aromatic carbocycles. The maximum atomic E-state index is 12.5. The molecule has 0 radical (unpaired) electrons. The number of rotatable bonds is 3. The molecule has 0 saturated heterocycles. The summed E-state index contributed by atoms with van der Waals surface area (Å²) in [5.74, 6) is -1.94. The third-order valence-electron chi connectivity index (χ3n) is 3.49. The number of nitriles is 1. The van der Waals surface area contributed by atoms with Gasteiger partial charge >= 0.3 is 6.18 Å². The summed E-state index contributed by atoms with van der Waals surface area (Å²) in [6, 6.07) is 9.02. The van der Waals surface area contributed by atoms with E-state index in [2.05, 4.69) is 5.32 Å². The van der Waals surface area contributed by atoms with Crippen LogP contribution in [0.4, 0.5) is 13.2 Å². The molecule has 0 heterocycles. The Morgan fingerprint density at radius 1 is 1.37 bits per heavy atom. The van der Waals surface area contributed by atoms with E-state index in [9.17, 15) is 13.2 Å². The second kappa shape index (κ2) is 5.62. The molecule has 102 valence electrons. The maximum Gasteiger partial charge on any atom is 0.405 e. The number of aryl methyl sites for hydroxylation is 1. The van der Waals surface area contributed by atoms with Crippen LogP contribution in [0.15, 0.2) is 24.3 Å². The molecule has 0 saturated carbocycles. The topological polar surface area (TPSA) is 35.8 Å². The van der Waals surface area contributed by atoms with Crippen LogP contribution in [0.25, 0.3) is 0 Å². The van der Waals surface area contributed by atoms with Crippen LogP contribution < -0.4 is 5.32 Å². The zero-order valence-corrected chi connectivity index (χ0v) is 10.4. The highest BCUT2D eigenvalue weighted by atomic mass is 19.4. The van der Waals surface area contributed by atoms with Crippen LogP contribution in [-0.4, -0.2) is 12.7 Å². The fourth-order valence-corrected chi connectivity index (χ4v) is 2.46. The first-order chi connectivity index (χ1) is 9.02. The summed E-state index contributed by atoms with van der Waals surface area (Å²) in [5.41, 5.74) is 2.25. The lowest BCUT2D eigenvalue weighted by Gasteiger charge is -2.27. The van der Waals surface area contributed by atoms with Crippen molar-refractivity contribution < 1.29 is 13.2 Å². The Morgan fingerprint density at radius 2 is 2.11 bits per heavy atom. The molecule has 2 unspecified atom stereocenters. The highest BCUT2D eigenvalue weighted by Gasteiger charge is 2.40.